The standard InChI is InChI=1S/C16H15F2N3/c1-11(14-6-5-13(17)8-15(14)18)19-9-12-10-20-21-7-3-2-4-16(12)21/h2-8,10-11,19H,9H2,1H3. The Balaban J connectivity index is 1.75. The SMILES string of the molecule is CC(NCc1cnn2ccccc12)c1ccc(F)cc1F. The second-order valence-electron chi connectivity index (χ2n) is 4.97. The quantitative estimate of drug-likeness (QED) is 0.796. The Bertz CT molecular complexity index is 767. The number of hydrogen-bond acceptors (Lipinski definition) is 2. The summed E-state index contributed by atoms with van der Waals surface area (Å²) in [5, 5.41) is 7.49. The van der Waals surface area contributed by atoms with Crippen molar-refractivity contribution in [3.8, 4) is 0 Å². The van der Waals surface area contributed by atoms with Crippen molar-refractivity contribution in [2.45, 2.75) is 19.5 Å². The van der Waals surface area contributed by atoms with Crippen LogP contribution in [0.15, 0.2) is 48.8 Å². The molecule has 0 radical (unpaired) electrons. The predicted octanol–water partition coefficient (Wildman–Crippen LogP) is 3.46. The molecule has 3 aromatic rings. The molecule has 0 fully saturated rings. The summed E-state index contributed by atoms with van der Waals surface area (Å²) < 4.78 is 28.4. The molecule has 0 aliphatic heterocycles. The van der Waals surface area contributed by atoms with E-state index in [1.54, 1.807) is 10.7 Å². The zero-order chi connectivity index (χ0) is 14.8. The molecular formula is C16H15F2N3. The van der Waals surface area contributed by atoms with Crippen molar-refractivity contribution in [2.75, 3.05) is 0 Å². The molecule has 0 saturated carbocycles. The molecule has 5 heteroatoms. The van der Waals surface area contributed by atoms with Gasteiger partial charge in [0.25, 0.3) is 0 Å². The number of fused-ring (bicyclic) bond motifs is 1. The van der Waals surface area contributed by atoms with Crippen molar-refractivity contribution >= 4 is 5.52 Å². The maximum atomic E-state index is 13.7. The molecule has 1 aromatic carbocycles. The molecule has 0 saturated heterocycles. The van der Waals surface area contributed by atoms with Gasteiger partial charge in [0, 0.05) is 36.0 Å². The van der Waals surface area contributed by atoms with E-state index in [2.05, 4.69) is 10.4 Å². The van der Waals surface area contributed by atoms with Gasteiger partial charge in [0.2, 0.25) is 0 Å². The molecule has 0 bridgehead atoms. The van der Waals surface area contributed by atoms with Crippen molar-refractivity contribution in [2.24, 2.45) is 0 Å². The fraction of sp³-hybridized carbons (Fsp3) is 0.188. The summed E-state index contributed by atoms with van der Waals surface area (Å²) >= 11 is 0. The lowest BCUT2D eigenvalue weighted by molar-refractivity contribution is 0.518. The first kappa shape index (κ1) is 13.7. The molecule has 2 aromatic heterocycles. The van der Waals surface area contributed by atoms with Crippen LogP contribution < -0.4 is 5.32 Å². The number of nitrogens with zero attached hydrogens (tertiary/aromatic N) is 2. The van der Waals surface area contributed by atoms with Gasteiger partial charge in [-0.25, -0.2) is 13.3 Å². The Kier molecular flexibility index (Phi) is 3.66. The topological polar surface area (TPSA) is 29.3 Å². The lowest BCUT2D eigenvalue weighted by atomic mass is 10.1. The van der Waals surface area contributed by atoms with Crippen molar-refractivity contribution in [1.29, 1.82) is 0 Å². The van der Waals surface area contributed by atoms with Gasteiger partial charge in [-0.3, -0.25) is 0 Å². The smallest absolute Gasteiger partial charge is 0.130 e. The summed E-state index contributed by atoms with van der Waals surface area (Å²) in [4.78, 5) is 0. The largest absolute Gasteiger partial charge is 0.306 e. The first-order valence-electron chi connectivity index (χ1n) is 6.75. The van der Waals surface area contributed by atoms with Crippen LogP contribution in [0.2, 0.25) is 0 Å². The highest BCUT2D eigenvalue weighted by atomic mass is 19.1. The molecule has 0 aliphatic carbocycles. The van der Waals surface area contributed by atoms with Crippen molar-refractivity contribution in [3.05, 3.63) is 71.6 Å². The van der Waals surface area contributed by atoms with Gasteiger partial charge in [0.1, 0.15) is 11.6 Å². The lowest BCUT2D eigenvalue weighted by Crippen LogP contribution is -2.19. The number of aromatic nitrogens is 2. The minimum absolute atomic E-state index is 0.218. The first-order valence-corrected chi connectivity index (χ1v) is 6.75. The van der Waals surface area contributed by atoms with E-state index in [-0.39, 0.29) is 6.04 Å². The van der Waals surface area contributed by atoms with Crippen LogP contribution in [0.5, 0.6) is 0 Å². The number of pyridine rings is 1. The van der Waals surface area contributed by atoms with Gasteiger partial charge in [-0.05, 0) is 25.1 Å². The summed E-state index contributed by atoms with van der Waals surface area (Å²) in [6.07, 6.45) is 3.66. The van der Waals surface area contributed by atoms with Gasteiger partial charge in [0.05, 0.1) is 11.7 Å². The molecule has 1 unspecified atom stereocenters. The van der Waals surface area contributed by atoms with Gasteiger partial charge in [-0.1, -0.05) is 12.1 Å². The molecule has 0 spiro atoms. The predicted molar refractivity (Wildman–Crippen MR) is 76.8 cm³/mol. The minimum Gasteiger partial charge on any atom is -0.306 e. The monoisotopic (exact) mass is 287 g/mol. The van der Waals surface area contributed by atoms with Gasteiger partial charge in [0.15, 0.2) is 0 Å². The van der Waals surface area contributed by atoms with E-state index in [1.165, 1.54) is 12.1 Å². The maximum absolute atomic E-state index is 13.7. The molecule has 108 valence electrons. The van der Waals surface area contributed by atoms with E-state index in [9.17, 15) is 8.78 Å². The zero-order valence-electron chi connectivity index (χ0n) is 11.6. The number of hydrogen-bond donors (Lipinski definition) is 1. The third-order valence-corrected chi connectivity index (χ3v) is 3.53. The van der Waals surface area contributed by atoms with E-state index in [4.69, 9.17) is 0 Å². The molecule has 1 atom stereocenters. The van der Waals surface area contributed by atoms with E-state index < -0.39 is 11.6 Å². The van der Waals surface area contributed by atoms with Crippen LogP contribution in [0.1, 0.15) is 24.1 Å². The highest BCUT2D eigenvalue weighted by Crippen LogP contribution is 2.19. The summed E-state index contributed by atoms with van der Waals surface area (Å²) in [6, 6.07) is 9.27. The lowest BCUT2D eigenvalue weighted by Gasteiger charge is -2.14. The zero-order valence-corrected chi connectivity index (χ0v) is 11.6. The minimum atomic E-state index is -0.564. The van der Waals surface area contributed by atoms with E-state index >= 15 is 0 Å². The molecule has 3 rings (SSSR count). The number of halogens is 2. The highest BCUT2D eigenvalue weighted by molar-refractivity contribution is 5.53. The van der Waals surface area contributed by atoms with E-state index in [1.807, 2.05) is 31.3 Å². The summed E-state index contributed by atoms with van der Waals surface area (Å²) in [7, 11) is 0. The van der Waals surface area contributed by atoms with Crippen LogP contribution >= 0.6 is 0 Å². The molecule has 0 aliphatic rings. The summed E-state index contributed by atoms with van der Waals surface area (Å²) in [5.74, 6) is -1.10. The Morgan fingerprint density at radius 2 is 2.10 bits per heavy atom. The third kappa shape index (κ3) is 2.78. The van der Waals surface area contributed by atoms with Gasteiger partial charge in [-0.15, -0.1) is 0 Å². The van der Waals surface area contributed by atoms with Crippen LogP contribution in [-0.4, -0.2) is 9.61 Å². The number of rotatable bonds is 4. The fourth-order valence-corrected chi connectivity index (χ4v) is 2.35. The van der Waals surface area contributed by atoms with Crippen LogP contribution in [-0.2, 0) is 6.54 Å². The molecule has 3 nitrogen and oxygen atoms in total. The fourth-order valence-electron chi connectivity index (χ4n) is 2.35. The maximum Gasteiger partial charge on any atom is 0.130 e. The number of nitrogens with one attached hydrogen (secondary N) is 1. The van der Waals surface area contributed by atoms with Crippen LogP contribution in [0, 0.1) is 11.6 Å². The average molecular weight is 287 g/mol. The summed E-state index contributed by atoms with van der Waals surface area (Å²) in [5.41, 5.74) is 2.50. The second kappa shape index (κ2) is 5.61. The van der Waals surface area contributed by atoms with Crippen LogP contribution in [0.25, 0.3) is 5.52 Å². The molecule has 1 N–H and O–H groups in total. The molecule has 21 heavy (non-hydrogen) atoms. The number of benzene rings is 1. The van der Waals surface area contributed by atoms with Gasteiger partial charge >= 0.3 is 0 Å². The Labute approximate surface area is 121 Å². The second-order valence-corrected chi connectivity index (χ2v) is 4.97. The van der Waals surface area contributed by atoms with Crippen LogP contribution in [0.3, 0.4) is 0 Å². The third-order valence-electron chi connectivity index (χ3n) is 3.53. The van der Waals surface area contributed by atoms with Crippen LogP contribution in [0.4, 0.5) is 8.78 Å². The van der Waals surface area contributed by atoms with E-state index in [0.29, 0.717) is 12.1 Å². The Morgan fingerprint density at radius 3 is 2.90 bits per heavy atom. The molecule has 2 heterocycles. The molecule has 0 amide bonds. The van der Waals surface area contributed by atoms with Crippen molar-refractivity contribution in [3.63, 3.8) is 0 Å². The first-order chi connectivity index (χ1) is 10.1. The van der Waals surface area contributed by atoms with Crippen molar-refractivity contribution < 1.29 is 8.78 Å². The normalized spacial score (nSPS) is 12.7. The van der Waals surface area contributed by atoms with Gasteiger partial charge in [-0.2, -0.15) is 5.10 Å². The summed E-state index contributed by atoms with van der Waals surface area (Å²) in [6.45, 7) is 2.41. The van der Waals surface area contributed by atoms with E-state index in [0.717, 1.165) is 17.1 Å². The Hall–Kier alpha value is -2.27. The highest BCUT2D eigenvalue weighted by Gasteiger charge is 2.12. The average Bonchev–Trinajstić information content (AvgIpc) is 2.88. The Morgan fingerprint density at radius 1 is 1.24 bits per heavy atom. The van der Waals surface area contributed by atoms with Crippen molar-refractivity contribution in [1.82, 2.24) is 14.9 Å². The van der Waals surface area contributed by atoms with Gasteiger partial charge < -0.3 is 5.32 Å². The molecular weight excluding hydrogens is 272 g/mol.